The molecule has 5 N–H and O–H groups in total. The Morgan fingerprint density at radius 2 is 0.980 bits per heavy atom. The summed E-state index contributed by atoms with van der Waals surface area (Å²) in [6.07, 6.45) is -2.46. The molecule has 1 fully saturated rings. The van der Waals surface area contributed by atoms with E-state index in [1.807, 2.05) is 48.5 Å². The smallest absolute Gasteiger partial charge is 0.407 e. The summed E-state index contributed by atoms with van der Waals surface area (Å²) in [6.45, 7) is -2.58. The summed E-state index contributed by atoms with van der Waals surface area (Å²) >= 11 is 0. The van der Waals surface area contributed by atoms with E-state index in [0.717, 1.165) is 37.0 Å². The molecule has 2 aromatic carbocycles. The highest BCUT2D eigenvalue weighted by molar-refractivity contribution is 5.89. The van der Waals surface area contributed by atoms with Crippen LogP contribution in [0, 0.1) is 0 Å². The van der Waals surface area contributed by atoms with E-state index in [-0.39, 0.29) is 45.4 Å². The summed E-state index contributed by atoms with van der Waals surface area (Å²) < 4.78 is 5.47. The zero-order valence-corrected chi connectivity index (χ0v) is 26.4. The Kier molecular flexibility index (Phi) is 12.2. The van der Waals surface area contributed by atoms with Crippen molar-refractivity contribution in [1.29, 1.82) is 0 Å². The van der Waals surface area contributed by atoms with Crippen LogP contribution in [0.2, 0.25) is 0 Å². The Balaban J connectivity index is 1.34. The maximum absolute atomic E-state index is 13.2. The second-order valence-corrected chi connectivity index (χ2v) is 11.2. The quantitative estimate of drug-likeness (QED) is 0.176. The van der Waals surface area contributed by atoms with Crippen LogP contribution in [0.5, 0.6) is 0 Å². The number of nitrogens with one attached hydrogen (secondary N) is 3. The van der Waals surface area contributed by atoms with Crippen molar-refractivity contribution in [2.45, 2.75) is 31.6 Å². The van der Waals surface area contributed by atoms with Gasteiger partial charge in [0.15, 0.2) is 0 Å². The van der Waals surface area contributed by atoms with Crippen LogP contribution in [-0.4, -0.2) is 119 Å². The summed E-state index contributed by atoms with van der Waals surface area (Å²) in [7, 11) is 0. The molecular weight excluding hydrogens is 644 g/mol. The molecule has 1 aliphatic carbocycles. The zero-order chi connectivity index (χ0) is 35.5. The molecule has 1 heterocycles. The molecule has 2 aromatic rings. The van der Waals surface area contributed by atoms with E-state index in [0.29, 0.717) is 0 Å². The Labute approximate surface area is 280 Å². The van der Waals surface area contributed by atoms with E-state index in [1.165, 1.54) is 0 Å². The van der Waals surface area contributed by atoms with Crippen LogP contribution < -0.4 is 16.0 Å². The van der Waals surface area contributed by atoms with Gasteiger partial charge in [-0.05, 0) is 22.3 Å². The third kappa shape index (κ3) is 9.99. The molecule has 0 radical (unpaired) electrons. The highest BCUT2D eigenvalue weighted by Gasteiger charge is 2.33. The largest absolute Gasteiger partial charge is 0.481 e. The van der Waals surface area contributed by atoms with Crippen LogP contribution in [0.15, 0.2) is 48.5 Å². The Bertz CT molecular complexity index is 1530. The molecule has 1 aliphatic heterocycles. The van der Waals surface area contributed by atoms with Crippen molar-refractivity contribution in [3.8, 4) is 11.1 Å². The predicted molar refractivity (Wildman–Crippen MR) is 168 cm³/mol. The highest BCUT2D eigenvalue weighted by atomic mass is 16.5. The minimum absolute atomic E-state index is 0.0126. The topological polar surface area (TPSA) is 232 Å². The van der Waals surface area contributed by atoms with E-state index in [1.54, 1.807) is 0 Å². The predicted octanol–water partition coefficient (Wildman–Crippen LogP) is -0.141. The van der Waals surface area contributed by atoms with Crippen LogP contribution in [-0.2, 0) is 38.3 Å². The van der Waals surface area contributed by atoms with Crippen LogP contribution in [0.1, 0.15) is 42.7 Å². The van der Waals surface area contributed by atoms with Gasteiger partial charge in [0.2, 0.25) is 29.5 Å². The number of aliphatic carboxylic acids is 2. The van der Waals surface area contributed by atoms with Gasteiger partial charge in [0.1, 0.15) is 13.2 Å². The minimum atomic E-state index is -1.19. The summed E-state index contributed by atoms with van der Waals surface area (Å²) in [5.41, 5.74) is 4.11. The number of rotatable bonds is 14. The molecule has 17 heteroatoms. The number of nitrogens with zero attached hydrogens (tertiary/aromatic N) is 3. The molecule has 260 valence electrons. The number of ether oxygens (including phenoxy) is 1. The molecule has 6 amide bonds. The first-order chi connectivity index (χ1) is 23.4. The second kappa shape index (κ2) is 16.7. The average Bonchev–Trinajstić information content (AvgIpc) is 3.42. The van der Waals surface area contributed by atoms with E-state index in [2.05, 4.69) is 16.0 Å². The summed E-state index contributed by atoms with van der Waals surface area (Å²) in [5.74, 6) is -6.05. The van der Waals surface area contributed by atoms with E-state index >= 15 is 0 Å². The lowest BCUT2D eigenvalue weighted by molar-refractivity contribution is -0.158. The normalized spacial score (nSPS) is 13.5. The van der Waals surface area contributed by atoms with Gasteiger partial charge in [-0.1, -0.05) is 48.5 Å². The molecule has 0 unspecified atom stereocenters. The van der Waals surface area contributed by atoms with Crippen LogP contribution in [0.4, 0.5) is 4.79 Å². The molecular formula is C32H36N6O11. The lowest BCUT2D eigenvalue weighted by Gasteiger charge is -2.42. The molecule has 49 heavy (non-hydrogen) atoms. The van der Waals surface area contributed by atoms with Gasteiger partial charge < -0.3 is 45.6 Å². The first-order valence-corrected chi connectivity index (χ1v) is 15.3. The number of carboxylic acid groups (broad SMARTS) is 2. The van der Waals surface area contributed by atoms with E-state index in [9.17, 15) is 38.4 Å². The van der Waals surface area contributed by atoms with Crippen LogP contribution >= 0.6 is 0 Å². The zero-order valence-electron chi connectivity index (χ0n) is 26.4. The lowest BCUT2D eigenvalue weighted by Crippen LogP contribution is -2.62. The third-order valence-corrected chi connectivity index (χ3v) is 7.82. The number of amides is 6. The number of benzene rings is 2. The van der Waals surface area contributed by atoms with E-state index in [4.69, 9.17) is 14.9 Å². The van der Waals surface area contributed by atoms with Gasteiger partial charge in [-0.25, -0.2) is 4.79 Å². The molecule has 1 saturated heterocycles. The van der Waals surface area contributed by atoms with Gasteiger partial charge in [0, 0.05) is 18.8 Å². The molecule has 0 atom stereocenters. The average molecular weight is 681 g/mol. The van der Waals surface area contributed by atoms with Gasteiger partial charge in [0.05, 0.1) is 45.9 Å². The monoisotopic (exact) mass is 680 g/mol. The van der Waals surface area contributed by atoms with Crippen molar-refractivity contribution in [2.24, 2.45) is 0 Å². The van der Waals surface area contributed by atoms with Gasteiger partial charge in [0.25, 0.3) is 0 Å². The van der Waals surface area contributed by atoms with Crippen molar-refractivity contribution in [1.82, 2.24) is 30.7 Å². The first-order valence-electron chi connectivity index (χ1n) is 15.3. The van der Waals surface area contributed by atoms with Crippen molar-refractivity contribution in [3.63, 3.8) is 0 Å². The summed E-state index contributed by atoms with van der Waals surface area (Å²) in [5, 5.41) is 24.5. The molecule has 0 spiro atoms. The van der Waals surface area contributed by atoms with Gasteiger partial charge >= 0.3 is 18.0 Å². The number of carboxylic acids is 2. The lowest BCUT2D eigenvalue weighted by atomic mass is 9.98. The second-order valence-electron chi connectivity index (χ2n) is 11.2. The van der Waals surface area contributed by atoms with Crippen molar-refractivity contribution < 1.29 is 53.3 Å². The molecule has 0 aromatic heterocycles. The number of fused-ring (bicyclic) bond motifs is 3. The number of hydrogen-bond donors (Lipinski definition) is 5. The van der Waals surface area contributed by atoms with Crippen LogP contribution in [0.3, 0.4) is 0 Å². The van der Waals surface area contributed by atoms with Crippen molar-refractivity contribution in [2.75, 3.05) is 46.2 Å². The minimum Gasteiger partial charge on any atom is -0.481 e. The number of carbonyl (C=O) groups excluding carboxylic acids is 6. The number of hydrogen-bond acceptors (Lipinski definition) is 9. The fraction of sp³-hybridized carbons (Fsp3) is 0.375. The SMILES string of the molecule is O=C(O)CCC(=O)NCC(=O)N1CN(C(=O)CNC(=O)CCC(=O)O)CN(C(=O)CNC(=O)OCC2c3ccccc3-c3ccccc32)C1. The fourth-order valence-electron chi connectivity index (χ4n) is 5.32. The van der Waals surface area contributed by atoms with Gasteiger partial charge in [-0.15, -0.1) is 0 Å². The van der Waals surface area contributed by atoms with Gasteiger partial charge in [-0.3, -0.25) is 33.6 Å². The van der Waals surface area contributed by atoms with E-state index < -0.39 is 80.0 Å². The standard InChI is InChI=1S/C32H36N6O11/c39-25(9-11-30(44)45)33-13-27(41)36-17-37(28(42)14-34-26(40)10-12-31(46)47)19-38(18-36)29(43)15-35-32(48)49-16-24-22-7-3-1-5-20(22)21-6-2-4-8-23(21)24/h1-8,24H,9-19H2,(H,33,39)(H,34,40)(H,35,48)(H,44,45)(H,46,47). The Morgan fingerprint density at radius 3 is 1.39 bits per heavy atom. The third-order valence-electron chi connectivity index (χ3n) is 7.82. The summed E-state index contributed by atoms with van der Waals surface area (Å²) in [6, 6.07) is 15.6. The molecule has 0 bridgehead atoms. The molecule has 2 aliphatic rings. The summed E-state index contributed by atoms with van der Waals surface area (Å²) in [4.78, 5) is 100. The van der Waals surface area contributed by atoms with Crippen molar-refractivity contribution in [3.05, 3.63) is 59.7 Å². The number of alkyl carbamates (subject to hydrolysis) is 1. The molecule has 0 saturated carbocycles. The maximum Gasteiger partial charge on any atom is 0.407 e. The van der Waals surface area contributed by atoms with Crippen LogP contribution in [0.25, 0.3) is 11.1 Å². The first kappa shape index (κ1) is 35.8. The van der Waals surface area contributed by atoms with Crippen molar-refractivity contribution >= 4 is 47.6 Å². The van der Waals surface area contributed by atoms with Gasteiger partial charge in [-0.2, -0.15) is 0 Å². The molecule has 4 rings (SSSR count). The number of carbonyl (C=O) groups is 8. The Hall–Kier alpha value is -6.00. The molecule has 17 nitrogen and oxygen atoms in total. The highest BCUT2D eigenvalue weighted by Crippen LogP contribution is 2.44. The maximum atomic E-state index is 13.2. The fourth-order valence-corrected chi connectivity index (χ4v) is 5.32. The Morgan fingerprint density at radius 1 is 0.592 bits per heavy atom.